The van der Waals surface area contributed by atoms with Gasteiger partial charge in [0, 0.05) is 6.04 Å². The highest BCUT2D eigenvalue weighted by Crippen LogP contribution is 2.38. The molecule has 2 rings (SSSR count). The van der Waals surface area contributed by atoms with E-state index in [0.29, 0.717) is 0 Å². The minimum atomic E-state index is 0.862. The molecule has 1 atom stereocenters. The van der Waals surface area contributed by atoms with Gasteiger partial charge in [0.15, 0.2) is 0 Å². The molecule has 0 spiro atoms. The minimum absolute atomic E-state index is 0.862. The normalized spacial score (nSPS) is 28.8. The van der Waals surface area contributed by atoms with Crippen LogP contribution < -0.4 is 5.32 Å². The molecule has 12 heavy (non-hydrogen) atoms. The third kappa shape index (κ3) is 1.52. The average molecular weight is 167 g/mol. The van der Waals surface area contributed by atoms with E-state index in [1.54, 1.807) is 0 Å². The third-order valence-electron chi connectivity index (χ3n) is 3.90. The minimum Gasteiger partial charge on any atom is -0.316 e. The Kier molecular flexibility index (Phi) is 2.69. The molecule has 0 bridgehead atoms. The molecule has 0 saturated heterocycles. The molecule has 1 nitrogen and oxygen atoms in total. The molecule has 0 radical (unpaired) electrons. The van der Waals surface area contributed by atoms with E-state index in [1.807, 2.05) is 0 Å². The molecule has 2 saturated carbocycles. The molecule has 0 aliphatic heterocycles. The molecule has 0 heterocycles. The molecule has 1 unspecified atom stereocenters. The van der Waals surface area contributed by atoms with Gasteiger partial charge in [0.25, 0.3) is 0 Å². The van der Waals surface area contributed by atoms with E-state index in [2.05, 4.69) is 12.4 Å². The number of rotatable bonds is 3. The molecule has 1 N–H and O–H groups in total. The van der Waals surface area contributed by atoms with Crippen molar-refractivity contribution in [3.63, 3.8) is 0 Å². The van der Waals surface area contributed by atoms with E-state index < -0.39 is 0 Å². The van der Waals surface area contributed by atoms with Crippen molar-refractivity contribution >= 4 is 0 Å². The van der Waals surface area contributed by atoms with Crippen molar-refractivity contribution in [3.8, 4) is 0 Å². The van der Waals surface area contributed by atoms with Crippen LogP contribution in [0.5, 0.6) is 0 Å². The highest BCUT2D eigenvalue weighted by atomic mass is 14.9. The first-order chi connectivity index (χ1) is 5.92. The predicted octanol–water partition coefficient (Wildman–Crippen LogP) is 2.56. The van der Waals surface area contributed by atoms with Crippen molar-refractivity contribution < 1.29 is 0 Å². The van der Waals surface area contributed by atoms with E-state index >= 15 is 0 Å². The SMILES string of the molecule is CNC(C1CCCC1)C1CCC1. The summed E-state index contributed by atoms with van der Waals surface area (Å²) in [5.74, 6) is 2.04. The highest BCUT2D eigenvalue weighted by molar-refractivity contribution is 4.88. The van der Waals surface area contributed by atoms with E-state index in [4.69, 9.17) is 0 Å². The van der Waals surface area contributed by atoms with Crippen LogP contribution in [0.4, 0.5) is 0 Å². The van der Waals surface area contributed by atoms with E-state index in [-0.39, 0.29) is 0 Å². The fourth-order valence-corrected chi connectivity index (χ4v) is 2.97. The molecule has 2 fully saturated rings. The maximum atomic E-state index is 3.55. The summed E-state index contributed by atoms with van der Waals surface area (Å²) < 4.78 is 0. The lowest BCUT2D eigenvalue weighted by atomic mass is 9.74. The summed E-state index contributed by atoms with van der Waals surface area (Å²) in [5.41, 5.74) is 0. The standard InChI is InChI=1S/C11H21N/c1-12-11(10-7-4-8-10)9-5-2-3-6-9/h9-12H,2-8H2,1H3. The molecule has 70 valence electrons. The second kappa shape index (κ2) is 3.78. The van der Waals surface area contributed by atoms with Crippen molar-refractivity contribution in [1.29, 1.82) is 0 Å². The first kappa shape index (κ1) is 8.55. The summed E-state index contributed by atoms with van der Waals surface area (Å²) in [6.07, 6.45) is 10.4. The van der Waals surface area contributed by atoms with Crippen LogP contribution in [0.2, 0.25) is 0 Å². The zero-order valence-electron chi connectivity index (χ0n) is 8.18. The zero-order chi connectivity index (χ0) is 8.39. The van der Waals surface area contributed by atoms with E-state index in [9.17, 15) is 0 Å². The van der Waals surface area contributed by atoms with Crippen LogP contribution >= 0.6 is 0 Å². The monoisotopic (exact) mass is 167 g/mol. The van der Waals surface area contributed by atoms with Gasteiger partial charge in [-0.3, -0.25) is 0 Å². The maximum absolute atomic E-state index is 3.55. The average Bonchev–Trinajstić information content (AvgIpc) is 2.47. The molecular formula is C11H21N. The van der Waals surface area contributed by atoms with Crippen LogP contribution in [0, 0.1) is 11.8 Å². The van der Waals surface area contributed by atoms with Gasteiger partial charge in [0.2, 0.25) is 0 Å². The van der Waals surface area contributed by atoms with Gasteiger partial charge in [-0.25, -0.2) is 0 Å². The third-order valence-corrected chi connectivity index (χ3v) is 3.90. The Hall–Kier alpha value is -0.0400. The van der Waals surface area contributed by atoms with Crippen molar-refractivity contribution in [3.05, 3.63) is 0 Å². The summed E-state index contributed by atoms with van der Waals surface area (Å²) in [4.78, 5) is 0. The van der Waals surface area contributed by atoms with Gasteiger partial charge in [-0.2, -0.15) is 0 Å². The Morgan fingerprint density at radius 1 is 0.917 bits per heavy atom. The molecule has 0 aromatic heterocycles. The van der Waals surface area contributed by atoms with Gasteiger partial charge in [0.05, 0.1) is 0 Å². The summed E-state index contributed by atoms with van der Waals surface area (Å²) in [6.45, 7) is 0. The lowest BCUT2D eigenvalue weighted by molar-refractivity contribution is 0.183. The first-order valence-corrected chi connectivity index (χ1v) is 5.59. The summed E-state index contributed by atoms with van der Waals surface area (Å²) in [5, 5.41) is 3.55. The Labute approximate surface area is 75.9 Å². The van der Waals surface area contributed by atoms with Crippen molar-refractivity contribution in [2.24, 2.45) is 11.8 Å². The van der Waals surface area contributed by atoms with Crippen LogP contribution in [0.25, 0.3) is 0 Å². The Balaban J connectivity index is 1.87. The number of nitrogens with one attached hydrogen (secondary N) is 1. The summed E-state index contributed by atoms with van der Waals surface area (Å²) in [6, 6.07) is 0.862. The summed E-state index contributed by atoms with van der Waals surface area (Å²) in [7, 11) is 2.15. The maximum Gasteiger partial charge on any atom is 0.0121 e. The van der Waals surface area contributed by atoms with Crippen LogP contribution in [-0.4, -0.2) is 13.1 Å². The van der Waals surface area contributed by atoms with Crippen LogP contribution in [0.1, 0.15) is 44.9 Å². The largest absolute Gasteiger partial charge is 0.316 e. The Morgan fingerprint density at radius 3 is 1.75 bits per heavy atom. The van der Waals surface area contributed by atoms with E-state index in [0.717, 1.165) is 17.9 Å². The smallest absolute Gasteiger partial charge is 0.0121 e. The van der Waals surface area contributed by atoms with Gasteiger partial charge < -0.3 is 5.32 Å². The Bertz CT molecular complexity index is 134. The second-order valence-corrected chi connectivity index (χ2v) is 4.55. The van der Waals surface area contributed by atoms with Crippen molar-refractivity contribution in [2.45, 2.75) is 51.0 Å². The van der Waals surface area contributed by atoms with Crippen LogP contribution in [0.3, 0.4) is 0 Å². The molecule has 1 heteroatoms. The summed E-state index contributed by atoms with van der Waals surface area (Å²) >= 11 is 0. The molecule has 0 aromatic carbocycles. The zero-order valence-corrected chi connectivity index (χ0v) is 8.18. The van der Waals surface area contributed by atoms with Gasteiger partial charge >= 0.3 is 0 Å². The van der Waals surface area contributed by atoms with Crippen molar-refractivity contribution in [1.82, 2.24) is 5.32 Å². The van der Waals surface area contributed by atoms with Gasteiger partial charge in [0.1, 0.15) is 0 Å². The van der Waals surface area contributed by atoms with E-state index in [1.165, 1.54) is 44.9 Å². The predicted molar refractivity (Wildman–Crippen MR) is 52.1 cm³/mol. The molecular weight excluding hydrogens is 146 g/mol. The lowest BCUT2D eigenvalue weighted by Crippen LogP contribution is -2.42. The van der Waals surface area contributed by atoms with Crippen LogP contribution in [-0.2, 0) is 0 Å². The fourth-order valence-electron chi connectivity index (χ4n) is 2.97. The van der Waals surface area contributed by atoms with Gasteiger partial charge in [-0.15, -0.1) is 0 Å². The lowest BCUT2D eigenvalue weighted by Gasteiger charge is -2.37. The van der Waals surface area contributed by atoms with Gasteiger partial charge in [-0.1, -0.05) is 19.3 Å². The number of hydrogen-bond donors (Lipinski definition) is 1. The topological polar surface area (TPSA) is 12.0 Å². The Morgan fingerprint density at radius 2 is 1.42 bits per heavy atom. The first-order valence-electron chi connectivity index (χ1n) is 5.59. The molecule has 0 aromatic rings. The van der Waals surface area contributed by atoms with Crippen molar-refractivity contribution in [2.75, 3.05) is 7.05 Å². The second-order valence-electron chi connectivity index (χ2n) is 4.55. The molecule has 2 aliphatic rings. The molecule has 0 amide bonds. The highest BCUT2D eigenvalue weighted by Gasteiger charge is 2.33. The molecule has 2 aliphatic carbocycles. The van der Waals surface area contributed by atoms with Gasteiger partial charge in [-0.05, 0) is 44.6 Å². The van der Waals surface area contributed by atoms with Crippen LogP contribution in [0.15, 0.2) is 0 Å². The number of hydrogen-bond acceptors (Lipinski definition) is 1. The fraction of sp³-hybridized carbons (Fsp3) is 1.00. The quantitative estimate of drug-likeness (QED) is 0.681.